The highest BCUT2D eigenvalue weighted by molar-refractivity contribution is 5.93. The Labute approximate surface area is 204 Å². The first kappa shape index (κ1) is 21.6. The van der Waals surface area contributed by atoms with Crippen molar-refractivity contribution in [1.29, 1.82) is 0 Å². The van der Waals surface area contributed by atoms with Crippen LogP contribution in [0.5, 0.6) is 0 Å². The van der Waals surface area contributed by atoms with Crippen LogP contribution in [0.25, 0.3) is 22.3 Å². The van der Waals surface area contributed by atoms with Gasteiger partial charge >= 0.3 is 0 Å². The molecular formula is C29H27N5O. The fourth-order valence-electron chi connectivity index (χ4n) is 5.07. The molecule has 0 amide bonds. The number of nitrogens with zero attached hydrogens (tertiary/aromatic N) is 4. The number of para-hydroxylation sites is 1. The molecule has 6 heteroatoms. The number of aliphatic imine (C=N–C) groups is 1. The molecule has 0 aliphatic carbocycles. The molecule has 0 bridgehead atoms. The molecule has 6 nitrogen and oxygen atoms in total. The highest BCUT2D eigenvalue weighted by Gasteiger charge is 2.27. The summed E-state index contributed by atoms with van der Waals surface area (Å²) in [5, 5.41) is 4.46. The Bertz CT molecular complexity index is 1460. The molecule has 2 aliphatic rings. The zero-order valence-electron chi connectivity index (χ0n) is 19.7. The van der Waals surface area contributed by atoms with Crippen LogP contribution < -0.4 is 5.32 Å². The monoisotopic (exact) mass is 461 g/mol. The number of fused-ring (bicyclic) bond motifs is 2. The number of Topliss-reactive ketones (excluding diaryl/α,β-unsaturated/α-hetero) is 1. The van der Waals surface area contributed by atoms with Crippen molar-refractivity contribution >= 4 is 34.4 Å². The van der Waals surface area contributed by atoms with Crippen LogP contribution in [-0.4, -0.2) is 46.5 Å². The van der Waals surface area contributed by atoms with Gasteiger partial charge in [0.2, 0.25) is 0 Å². The van der Waals surface area contributed by atoms with Crippen LogP contribution in [0.15, 0.2) is 71.7 Å². The van der Waals surface area contributed by atoms with Crippen LogP contribution >= 0.6 is 0 Å². The molecule has 1 N–H and O–H groups in total. The summed E-state index contributed by atoms with van der Waals surface area (Å²) < 4.78 is 0. The van der Waals surface area contributed by atoms with E-state index < -0.39 is 0 Å². The van der Waals surface area contributed by atoms with Crippen LogP contribution in [-0.2, 0) is 17.8 Å². The fourth-order valence-corrected chi connectivity index (χ4v) is 5.07. The van der Waals surface area contributed by atoms with Crippen LogP contribution in [0.1, 0.15) is 29.5 Å². The van der Waals surface area contributed by atoms with E-state index in [1.807, 2.05) is 61.8 Å². The number of hydrogen-bond donors (Lipinski definition) is 1. The first-order valence-corrected chi connectivity index (χ1v) is 12.1. The minimum atomic E-state index is 0.0312. The Morgan fingerprint density at radius 1 is 1.06 bits per heavy atom. The number of likely N-dealkylation sites (tertiary alicyclic amines) is 1. The zero-order valence-corrected chi connectivity index (χ0v) is 19.7. The van der Waals surface area contributed by atoms with Crippen molar-refractivity contribution < 1.29 is 4.79 Å². The minimum Gasteiger partial charge on any atom is -0.340 e. The molecule has 3 aromatic carbocycles. The number of carbonyl (C=O) groups is 1. The summed E-state index contributed by atoms with van der Waals surface area (Å²) in [4.78, 5) is 29.2. The number of benzene rings is 3. The Morgan fingerprint density at radius 2 is 1.97 bits per heavy atom. The van der Waals surface area contributed by atoms with Gasteiger partial charge < -0.3 is 5.32 Å². The fraction of sp³-hybridized carbons (Fsp3) is 0.241. The second-order valence-corrected chi connectivity index (χ2v) is 9.40. The van der Waals surface area contributed by atoms with E-state index in [-0.39, 0.29) is 11.8 Å². The lowest BCUT2D eigenvalue weighted by Gasteiger charge is -2.18. The highest BCUT2D eigenvalue weighted by Crippen LogP contribution is 2.29. The Kier molecular flexibility index (Phi) is 5.58. The predicted octanol–water partition coefficient (Wildman–Crippen LogP) is 5.18. The van der Waals surface area contributed by atoms with E-state index in [4.69, 9.17) is 9.97 Å². The van der Waals surface area contributed by atoms with Gasteiger partial charge in [0, 0.05) is 29.3 Å². The van der Waals surface area contributed by atoms with Gasteiger partial charge in [-0.25, -0.2) is 9.97 Å². The van der Waals surface area contributed by atoms with Crippen molar-refractivity contribution in [3.8, 4) is 11.4 Å². The number of rotatable bonds is 6. The maximum Gasteiger partial charge on any atom is 0.162 e. The van der Waals surface area contributed by atoms with Crippen LogP contribution in [0.2, 0.25) is 0 Å². The SMILES string of the molecule is CN1CCC[C@H]1C(=O)Cc1cccc(-c2nc(Nc3ccc4c(c3)C=NC4)c3ccccc3n2)c1. The summed E-state index contributed by atoms with van der Waals surface area (Å²) in [6, 6.07) is 22.4. The Balaban J connectivity index is 1.33. The van der Waals surface area contributed by atoms with E-state index in [1.165, 1.54) is 5.56 Å². The second kappa shape index (κ2) is 9.04. The Hall–Kier alpha value is -3.90. The molecular weight excluding hydrogens is 434 g/mol. The maximum absolute atomic E-state index is 12.9. The molecule has 3 heterocycles. The van der Waals surface area contributed by atoms with Crippen LogP contribution in [0.3, 0.4) is 0 Å². The third kappa shape index (κ3) is 4.33. The van der Waals surface area contributed by atoms with Crippen molar-refractivity contribution in [2.75, 3.05) is 18.9 Å². The number of hydrogen-bond acceptors (Lipinski definition) is 6. The van der Waals surface area contributed by atoms with Gasteiger partial charge in [-0.05, 0) is 73.5 Å². The van der Waals surface area contributed by atoms with Crippen molar-refractivity contribution in [2.45, 2.75) is 31.8 Å². The molecule has 0 radical (unpaired) electrons. The molecule has 174 valence electrons. The molecule has 0 spiro atoms. The number of nitrogens with one attached hydrogen (secondary N) is 1. The molecule has 0 saturated carbocycles. The first-order valence-electron chi connectivity index (χ1n) is 12.1. The summed E-state index contributed by atoms with van der Waals surface area (Å²) >= 11 is 0. The average Bonchev–Trinajstić information content (AvgIpc) is 3.52. The molecule has 4 aromatic rings. The second-order valence-electron chi connectivity index (χ2n) is 9.40. The van der Waals surface area contributed by atoms with Crippen molar-refractivity contribution in [2.24, 2.45) is 4.99 Å². The standard InChI is InChI=1S/C29H27N5O/c1-34-13-5-10-26(34)27(35)15-19-6-4-7-20(14-19)28-32-25-9-3-2-8-24(25)29(33-28)31-23-12-11-21-17-30-18-22(21)16-23/h2-4,6-9,11-12,14,16,18,26H,5,10,13,15,17H2,1H3,(H,31,32,33)/t26-/m0/s1. The molecule has 1 aromatic heterocycles. The lowest BCUT2D eigenvalue weighted by molar-refractivity contribution is -0.122. The minimum absolute atomic E-state index is 0.0312. The number of likely N-dealkylation sites (N-methyl/N-ethyl adjacent to an activating group) is 1. The number of carbonyl (C=O) groups excluding carboxylic acids is 1. The number of ketones is 1. The average molecular weight is 462 g/mol. The number of anilines is 2. The van der Waals surface area contributed by atoms with Gasteiger partial charge in [-0.1, -0.05) is 36.4 Å². The third-order valence-corrected chi connectivity index (χ3v) is 6.96. The number of aromatic nitrogens is 2. The normalized spacial score (nSPS) is 17.1. The largest absolute Gasteiger partial charge is 0.340 e. The van der Waals surface area contributed by atoms with E-state index in [0.717, 1.165) is 65.0 Å². The molecule has 35 heavy (non-hydrogen) atoms. The summed E-state index contributed by atoms with van der Waals surface area (Å²) in [5.74, 6) is 1.68. The van der Waals surface area contributed by atoms with Gasteiger partial charge in [-0.3, -0.25) is 14.7 Å². The molecule has 1 saturated heterocycles. The molecule has 1 atom stereocenters. The molecule has 1 fully saturated rings. The van der Waals surface area contributed by atoms with Gasteiger partial charge in [-0.2, -0.15) is 0 Å². The topological polar surface area (TPSA) is 70.5 Å². The van der Waals surface area contributed by atoms with Gasteiger partial charge in [-0.15, -0.1) is 0 Å². The highest BCUT2D eigenvalue weighted by atomic mass is 16.1. The predicted molar refractivity (Wildman–Crippen MR) is 140 cm³/mol. The zero-order chi connectivity index (χ0) is 23.8. The summed E-state index contributed by atoms with van der Waals surface area (Å²) in [5.41, 5.74) is 6.11. The van der Waals surface area contributed by atoms with Crippen molar-refractivity contribution in [3.05, 3.63) is 83.4 Å². The maximum atomic E-state index is 12.9. The van der Waals surface area contributed by atoms with E-state index in [2.05, 4.69) is 33.4 Å². The smallest absolute Gasteiger partial charge is 0.162 e. The van der Waals surface area contributed by atoms with Gasteiger partial charge in [0.1, 0.15) is 5.82 Å². The van der Waals surface area contributed by atoms with E-state index in [9.17, 15) is 4.79 Å². The van der Waals surface area contributed by atoms with Crippen molar-refractivity contribution in [3.63, 3.8) is 0 Å². The molecule has 0 unspecified atom stereocenters. The first-order chi connectivity index (χ1) is 17.1. The molecule has 6 rings (SSSR count). The quantitative estimate of drug-likeness (QED) is 0.429. The summed E-state index contributed by atoms with van der Waals surface area (Å²) in [7, 11) is 2.04. The van der Waals surface area contributed by atoms with Gasteiger partial charge in [0.05, 0.1) is 18.1 Å². The summed E-state index contributed by atoms with van der Waals surface area (Å²) in [6.07, 6.45) is 4.38. The van der Waals surface area contributed by atoms with Crippen LogP contribution in [0, 0.1) is 0 Å². The summed E-state index contributed by atoms with van der Waals surface area (Å²) in [6.45, 7) is 1.74. The third-order valence-electron chi connectivity index (χ3n) is 6.96. The van der Waals surface area contributed by atoms with Crippen LogP contribution in [0.4, 0.5) is 11.5 Å². The molecule has 2 aliphatic heterocycles. The lowest BCUT2D eigenvalue weighted by atomic mass is 10.0. The van der Waals surface area contributed by atoms with E-state index in [0.29, 0.717) is 12.2 Å². The van der Waals surface area contributed by atoms with E-state index in [1.54, 1.807) is 0 Å². The van der Waals surface area contributed by atoms with Gasteiger partial charge in [0.15, 0.2) is 11.6 Å². The lowest BCUT2D eigenvalue weighted by Crippen LogP contribution is -2.33. The Morgan fingerprint density at radius 3 is 2.86 bits per heavy atom. The van der Waals surface area contributed by atoms with Gasteiger partial charge in [0.25, 0.3) is 0 Å². The van der Waals surface area contributed by atoms with Crippen molar-refractivity contribution in [1.82, 2.24) is 14.9 Å². The van der Waals surface area contributed by atoms with E-state index >= 15 is 0 Å².